The molecule has 0 saturated heterocycles. The monoisotopic (exact) mass is 277 g/mol. The van der Waals surface area contributed by atoms with E-state index in [4.69, 9.17) is 0 Å². The molecule has 0 aliphatic heterocycles. The fraction of sp³-hybridized carbons (Fsp3) is 0.824. The van der Waals surface area contributed by atoms with E-state index >= 15 is 0 Å². The third-order valence-electron chi connectivity index (χ3n) is 4.32. The minimum Gasteiger partial charge on any atom is -0.310 e. The van der Waals surface area contributed by atoms with Crippen molar-refractivity contribution in [1.82, 2.24) is 15.1 Å². The van der Waals surface area contributed by atoms with Gasteiger partial charge in [-0.3, -0.25) is 4.68 Å². The topological polar surface area (TPSA) is 29.9 Å². The Kier molecular flexibility index (Phi) is 4.90. The fourth-order valence-corrected chi connectivity index (χ4v) is 3.17. The zero-order valence-corrected chi connectivity index (χ0v) is 13.9. The number of aryl methyl sites for hydroxylation is 1. The van der Waals surface area contributed by atoms with Crippen molar-refractivity contribution >= 4 is 0 Å². The number of fused-ring (bicyclic) bond motifs is 1. The molecule has 114 valence electrons. The van der Waals surface area contributed by atoms with E-state index in [0.29, 0.717) is 11.5 Å². The summed E-state index contributed by atoms with van der Waals surface area (Å²) in [6.45, 7) is 13.7. The van der Waals surface area contributed by atoms with Gasteiger partial charge in [0, 0.05) is 23.8 Å². The molecule has 2 rings (SSSR count). The molecule has 1 N–H and O–H groups in total. The smallest absolute Gasteiger partial charge is 0.0540 e. The van der Waals surface area contributed by atoms with Crippen LogP contribution in [0.4, 0.5) is 0 Å². The number of nitrogens with one attached hydrogen (secondary N) is 1. The van der Waals surface area contributed by atoms with E-state index in [0.717, 1.165) is 25.4 Å². The van der Waals surface area contributed by atoms with Gasteiger partial charge in [0.15, 0.2) is 0 Å². The summed E-state index contributed by atoms with van der Waals surface area (Å²) in [5.74, 6) is 0.737. The normalized spacial score (nSPS) is 21.2. The summed E-state index contributed by atoms with van der Waals surface area (Å²) in [5, 5.41) is 8.38. The van der Waals surface area contributed by atoms with Crippen molar-refractivity contribution in [2.75, 3.05) is 6.54 Å². The average Bonchev–Trinajstić information content (AvgIpc) is 2.75. The van der Waals surface area contributed by atoms with Crippen molar-refractivity contribution in [1.29, 1.82) is 0 Å². The van der Waals surface area contributed by atoms with E-state index in [1.807, 2.05) is 0 Å². The van der Waals surface area contributed by atoms with Crippen LogP contribution in [0.2, 0.25) is 0 Å². The SMILES string of the molecule is CCCNC1CC(C)(C)Cc2c1cnn2CCC(C)C. The molecule has 1 heterocycles. The summed E-state index contributed by atoms with van der Waals surface area (Å²) >= 11 is 0. The molecule has 0 saturated carbocycles. The Labute approximate surface area is 124 Å². The molecule has 1 aromatic rings. The number of nitrogens with zero attached hydrogens (tertiary/aromatic N) is 2. The van der Waals surface area contributed by atoms with Crippen LogP contribution in [-0.2, 0) is 13.0 Å². The van der Waals surface area contributed by atoms with Crippen LogP contribution in [-0.4, -0.2) is 16.3 Å². The summed E-state index contributed by atoms with van der Waals surface area (Å²) in [6, 6.07) is 0.487. The first kappa shape index (κ1) is 15.6. The molecule has 1 aromatic heterocycles. The van der Waals surface area contributed by atoms with Crippen LogP contribution in [0.5, 0.6) is 0 Å². The molecule has 0 fully saturated rings. The van der Waals surface area contributed by atoms with Crippen molar-refractivity contribution in [2.24, 2.45) is 11.3 Å². The molecule has 0 aromatic carbocycles. The Bertz CT molecular complexity index is 431. The van der Waals surface area contributed by atoms with Crippen LogP contribution >= 0.6 is 0 Å². The second-order valence-electron chi connectivity index (χ2n) is 7.50. The van der Waals surface area contributed by atoms with E-state index in [9.17, 15) is 0 Å². The molecular formula is C17H31N3. The van der Waals surface area contributed by atoms with Crippen LogP contribution in [0.1, 0.15) is 71.2 Å². The van der Waals surface area contributed by atoms with E-state index in [-0.39, 0.29) is 0 Å². The van der Waals surface area contributed by atoms with Crippen molar-refractivity contribution in [2.45, 2.75) is 72.9 Å². The maximum Gasteiger partial charge on any atom is 0.0540 e. The number of aromatic nitrogens is 2. The molecule has 0 amide bonds. The van der Waals surface area contributed by atoms with E-state index in [1.54, 1.807) is 0 Å². The Hall–Kier alpha value is -0.830. The molecule has 20 heavy (non-hydrogen) atoms. The third-order valence-corrected chi connectivity index (χ3v) is 4.32. The Morgan fingerprint density at radius 1 is 1.45 bits per heavy atom. The van der Waals surface area contributed by atoms with Gasteiger partial charge in [-0.25, -0.2) is 0 Å². The lowest BCUT2D eigenvalue weighted by molar-refractivity contribution is 0.250. The minimum atomic E-state index is 0.369. The van der Waals surface area contributed by atoms with Gasteiger partial charge in [-0.2, -0.15) is 5.10 Å². The lowest BCUT2D eigenvalue weighted by Gasteiger charge is -2.36. The van der Waals surface area contributed by atoms with Gasteiger partial charge in [0.1, 0.15) is 0 Å². The maximum absolute atomic E-state index is 4.67. The predicted molar refractivity (Wildman–Crippen MR) is 84.8 cm³/mol. The highest BCUT2D eigenvalue weighted by Gasteiger charge is 2.34. The summed E-state index contributed by atoms with van der Waals surface area (Å²) < 4.78 is 2.26. The predicted octanol–water partition coefficient (Wildman–Crippen LogP) is 3.94. The van der Waals surface area contributed by atoms with Crippen molar-refractivity contribution in [3.8, 4) is 0 Å². The molecule has 0 spiro atoms. The van der Waals surface area contributed by atoms with Gasteiger partial charge < -0.3 is 5.32 Å². The van der Waals surface area contributed by atoms with Crippen LogP contribution in [0.15, 0.2) is 6.20 Å². The van der Waals surface area contributed by atoms with Gasteiger partial charge in [-0.05, 0) is 43.6 Å². The van der Waals surface area contributed by atoms with Gasteiger partial charge in [-0.15, -0.1) is 0 Å². The highest BCUT2D eigenvalue weighted by molar-refractivity contribution is 5.27. The number of hydrogen-bond acceptors (Lipinski definition) is 2. The van der Waals surface area contributed by atoms with Crippen molar-refractivity contribution in [3.63, 3.8) is 0 Å². The molecule has 1 aliphatic rings. The molecular weight excluding hydrogens is 246 g/mol. The molecule has 0 radical (unpaired) electrons. The number of hydrogen-bond donors (Lipinski definition) is 1. The average molecular weight is 277 g/mol. The molecule has 1 atom stereocenters. The Morgan fingerprint density at radius 2 is 2.20 bits per heavy atom. The van der Waals surface area contributed by atoms with Crippen LogP contribution in [0.3, 0.4) is 0 Å². The number of rotatable bonds is 6. The standard InChI is InChI=1S/C17H31N3/c1-6-8-18-15-10-17(4,5)11-16-14(15)12-19-20(16)9-7-13(2)3/h12-13,15,18H,6-11H2,1-5H3. The Balaban J connectivity index is 2.19. The second kappa shape index (κ2) is 6.30. The van der Waals surface area contributed by atoms with Crippen molar-refractivity contribution in [3.05, 3.63) is 17.5 Å². The van der Waals surface area contributed by atoms with Crippen LogP contribution in [0.25, 0.3) is 0 Å². The Morgan fingerprint density at radius 3 is 2.85 bits per heavy atom. The van der Waals surface area contributed by atoms with E-state index < -0.39 is 0 Å². The van der Waals surface area contributed by atoms with Crippen molar-refractivity contribution < 1.29 is 0 Å². The minimum absolute atomic E-state index is 0.369. The molecule has 3 nitrogen and oxygen atoms in total. The molecule has 3 heteroatoms. The van der Waals surface area contributed by atoms with E-state index in [2.05, 4.69) is 55.9 Å². The van der Waals surface area contributed by atoms with Gasteiger partial charge in [0.2, 0.25) is 0 Å². The largest absolute Gasteiger partial charge is 0.310 e. The molecule has 0 bridgehead atoms. The van der Waals surface area contributed by atoms with Gasteiger partial charge >= 0.3 is 0 Å². The summed E-state index contributed by atoms with van der Waals surface area (Å²) in [4.78, 5) is 0. The lowest BCUT2D eigenvalue weighted by atomic mass is 9.74. The first-order valence-corrected chi connectivity index (χ1v) is 8.21. The first-order valence-electron chi connectivity index (χ1n) is 8.21. The quantitative estimate of drug-likeness (QED) is 0.853. The first-order chi connectivity index (χ1) is 9.43. The molecule has 1 aliphatic carbocycles. The fourth-order valence-electron chi connectivity index (χ4n) is 3.17. The highest BCUT2D eigenvalue weighted by atomic mass is 15.3. The summed E-state index contributed by atoms with van der Waals surface area (Å²) in [6.07, 6.45) is 6.88. The zero-order chi connectivity index (χ0) is 14.8. The van der Waals surface area contributed by atoms with Crippen LogP contribution in [0, 0.1) is 11.3 Å². The van der Waals surface area contributed by atoms with Crippen LogP contribution < -0.4 is 5.32 Å². The third kappa shape index (κ3) is 3.63. The summed E-state index contributed by atoms with van der Waals surface area (Å²) in [7, 11) is 0. The second-order valence-corrected chi connectivity index (χ2v) is 7.50. The molecule has 1 unspecified atom stereocenters. The zero-order valence-electron chi connectivity index (χ0n) is 13.9. The van der Waals surface area contributed by atoms with Gasteiger partial charge in [0.05, 0.1) is 6.20 Å². The lowest BCUT2D eigenvalue weighted by Crippen LogP contribution is -2.34. The van der Waals surface area contributed by atoms with Gasteiger partial charge in [0.25, 0.3) is 0 Å². The summed E-state index contributed by atoms with van der Waals surface area (Å²) in [5.41, 5.74) is 3.28. The highest BCUT2D eigenvalue weighted by Crippen LogP contribution is 2.40. The van der Waals surface area contributed by atoms with E-state index in [1.165, 1.54) is 30.5 Å². The maximum atomic E-state index is 4.67. The van der Waals surface area contributed by atoms with Gasteiger partial charge in [-0.1, -0.05) is 34.6 Å².